The number of hydrogen-bond acceptors (Lipinski definition) is 3. The van der Waals surface area contributed by atoms with E-state index < -0.39 is 29.2 Å². The Morgan fingerprint density at radius 2 is 1.71 bits per heavy atom. The van der Waals surface area contributed by atoms with E-state index in [1.807, 2.05) is 24.3 Å². The summed E-state index contributed by atoms with van der Waals surface area (Å²) in [6.45, 7) is 1.79. The summed E-state index contributed by atoms with van der Waals surface area (Å²) in [5, 5.41) is 2.67. The van der Waals surface area contributed by atoms with Gasteiger partial charge in [-0.2, -0.15) is 13.2 Å². The molecule has 148 valence electrons. The lowest BCUT2D eigenvalue weighted by molar-refractivity contribution is -0.150. The van der Waals surface area contributed by atoms with E-state index in [9.17, 15) is 22.8 Å². The first-order valence-corrected chi connectivity index (χ1v) is 9.68. The number of amides is 1. The Morgan fingerprint density at radius 3 is 2.25 bits per heavy atom. The van der Waals surface area contributed by atoms with Gasteiger partial charge in [0, 0.05) is 16.4 Å². The summed E-state index contributed by atoms with van der Waals surface area (Å²) in [6.07, 6.45) is -4.12. The van der Waals surface area contributed by atoms with Gasteiger partial charge in [0.05, 0.1) is 17.7 Å². The third-order valence-corrected chi connectivity index (χ3v) is 5.83. The van der Waals surface area contributed by atoms with Crippen molar-refractivity contribution in [1.82, 2.24) is 5.32 Å². The monoisotopic (exact) mass is 503 g/mol. The summed E-state index contributed by atoms with van der Waals surface area (Å²) in [7, 11) is 0. The number of esters is 1. The minimum atomic E-state index is -4.57. The molecule has 8 heteroatoms. The maximum atomic E-state index is 13.2. The second-order valence-corrected chi connectivity index (χ2v) is 7.62. The van der Waals surface area contributed by atoms with Gasteiger partial charge in [-0.1, -0.05) is 30.3 Å². The van der Waals surface area contributed by atoms with Gasteiger partial charge in [0.2, 0.25) is 0 Å². The number of nitrogens with one attached hydrogen (secondary N) is 1. The van der Waals surface area contributed by atoms with Gasteiger partial charge in [-0.15, -0.1) is 0 Å². The van der Waals surface area contributed by atoms with E-state index in [-0.39, 0.29) is 28.6 Å². The predicted octanol–water partition coefficient (Wildman–Crippen LogP) is 4.14. The van der Waals surface area contributed by atoms with E-state index in [0.717, 1.165) is 17.2 Å². The second-order valence-electron chi connectivity index (χ2n) is 6.54. The molecule has 0 heterocycles. The molecule has 2 aromatic carbocycles. The third kappa shape index (κ3) is 3.87. The standard InChI is InChI=1S/C20H17F3INO3/c1-2-28-18(27)19(10-12-6-3-4-7-13(12)11-19)25-17(26)14-8-5-9-15(16(14)24)20(21,22)23/h3-9H,2,10-11H2,1H3,(H,25,26). The summed E-state index contributed by atoms with van der Waals surface area (Å²) in [6, 6.07) is 10.8. The quantitative estimate of drug-likeness (QED) is 0.505. The van der Waals surface area contributed by atoms with Crippen LogP contribution in [0.1, 0.15) is 34.0 Å². The smallest absolute Gasteiger partial charge is 0.417 e. The molecule has 0 aromatic heterocycles. The molecule has 28 heavy (non-hydrogen) atoms. The highest BCUT2D eigenvalue weighted by Crippen LogP contribution is 2.35. The minimum absolute atomic E-state index is 0.130. The molecule has 1 N–H and O–H groups in total. The molecule has 0 unspecified atom stereocenters. The zero-order chi connectivity index (χ0) is 20.5. The zero-order valence-electron chi connectivity index (χ0n) is 14.9. The van der Waals surface area contributed by atoms with Gasteiger partial charge in [0.1, 0.15) is 5.54 Å². The van der Waals surface area contributed by atoms with Crippen LogP contribution in [0.25, 0.3) is 0 Å². The van der Waals surface area contributed by atoms with Crippen LogP contribution in [-0.2, 0) is 28.5 Å². The highest BCUT2D eigenvalue weighted by Gasteiger charge is 2.47. The molecule has 0 saturated heterocycles. The van der Waals surface area contributed by atoms with Crippen molar-refractivity contribution < 1.29 is 27.5 Å². The maximum absolute atomic E-state index is 13.2. The lowest BCUT2D eigenvalue weighted by atomic mass is 9.94. The van der Waals surface area contributed by atoms with Crippen LogP contribution in [0.5, 0.6) is 0 Å². The summed E-state index contributed by atoms with van der Waals surface area (Å²) in [4.78, 5) is 25.6. The van der Waals surface area contributed by atoms with Crippen molar-refractivity contribution in [3.63, 3.8) is 0 Å². The lowest BCUT2D eigenvalue weighted by Gasteiger charge is -2.28. The molecule has 0 fully saturated rings. The minimum Gasteiger partial charge on any atom is -0.464 e. The van der Waals surface area contributed by atoms with Crippen molar-refractivity contribution in [3.05, 3.63) is 68.3 Å². The molecule has 0 spiro atoms. The molecule has 3 rings (SSSR count). The van der Waals surface area contributed by atoms with Crippen LogP contribution in [0.15, 0.2) is 42.5 Å². The SMILES string of the molecule is CCOC(=O)C1(NC(=O)c2cccc(C(F)(F)F)c2I)Cc2ccccc2C1. The highest BCUT2D eigenvalue weighted by atomic mass is 127. The molecular weight excluding hydrogens is 486 g/mol. The third-order valence-electron chi connectivity index (χ3n) is 4.67. The van der Waals surface area contributed by atoms with Gasteiger partial charge in [0.25, 0.3) is 5.91 Å². The van der Waals surface area contributed by atoms with Crippen LogP contribution in [0, 0.1) is 3.57 Å². The number of ether oxygens (including phenoxy) is 1. The fourth-order valence-electron chi connectivity index (χ4n) is 3.38. The molecule has 0 aliphatic heterocycles. The Bertz CT molecular complexity index is 902. The average molecular weight is 503 g/mol. The molecular formula is C20H17F3INO3. The highest BCUT2D eigenvalue weighted by molar-refractivity contribution is 14.1. The van der Waals surface area contributed by atoms with Crippen molar-refractivity contribution in [3.8, 4) is 0 Å². The van der Waals surface area contributed by atoms with Crippen molar-refractivity contribution in [2.45, 2.75) is 31.5 Å². The number of benzene rings is 2. The van der Waals surface area contributed by atoms with Gasteiger partial charge in [0.15, 0.2) is 0 Å². The number of hydrogen-bond donors (Lipinski definition) is 1. The normalized spacial score (nSPS) is 15.0. The Balaban J connectivity index is 1.95. The lowest BCUT2D eigenvalue weighted by Crippen LogP contribution is -2.56. The fraction of sp³-hybridized carbons (Fsp3) is 0.300. The molecule has 4 nitrogen and oxygen atoms in total. The topological polar surface area (TPSA) is 55.4 Å². The van der Waals surface area contributed by atoms with Crippen molar-refractivity contribution in [1.29, 1.82) is 0 Å². The van der Waals surface area contributed by atoms with Crippen LogP contribution >= 0.6 is 22.6 Å². The van der Waals surface area contributed by atoms with E-state index in [4.69, 9.17) is 4.74 Å². The van der Waals surface area contributed by atoms with Gasteiger partial charge >= 0.3 is 12.1 Å². The summed E-state index contributed by atoms with van der Waals surface area (Å²) >= 11 is 1.51. The van der Waals surface area contributed by atoms with E-state index in [1.54, 1.807) is 6.92 Å². The number of fused-ring (bicyclic) bond motifs is 1. The van der Waals surface area contributed by atoms with Crippen LogP contribution in [0.4, 0.5) is 13.2 Å². The summed E-state index contributed by atoms with van der Waals surface area (Å²) in [5.41, 5.74) is -0.562. The van der Waals surface area contributed by atoms with E-state index in [1.165, 1.54) is 34.7 Å². The molecule has 0 atom stereocenters. The average Bonchev–Trinajstić information content (AvgIpc) is 3.00. The van der Waals surface area contributed by atoms with Gasteiger partial charge in [-0.3, -0.25) is 4.79 Å². The van der Waals surface area contributed by atoms with E-state index in [2.05, 4.69) is 5.32 Å². The van der Waals surface area contributed by atoms with Crippen LogP contribution in [0.2, 0.25) is 0 Å². The zero-order valence-corrected chi connectivity index (χ0v) is 17.1. The van der Waals surface area contributed by atoms with Crippen LogP contribution in [-0.4, -0.2) is 24.0 Å². The van der Waals surface area contributed by atoms with Crippen LogP contribution < -0.4 is 5.32 Å². The number of alkyl halides is 3. The maximum Gasteiger partial charge on any atom is 0.417 e. The van der Waals surface area contributed by atoms with Crippen molar-refractivity contribution >= 4 is 34.5 Å². The predicted molar refractivity (Wildman–Crippen MR) is 105 cm³/mol. The molecule has 1 aliphatic carbocycles. The molecule has 0 radical (unpaired) electrons. The van der Waals surface area contributed by atoms with Gasteiger partial charge in [-0.05, 0) is 52.8 Å². The number of carbonyl (C=O) groups excluding carboxylic acids is 2. The first kappa shape index (κ1) is 20.6. The molecule has 0 saturated carbocycles. The number of halogens is 4. The Labute approximate surface area is 173 Å². The van der Waals surface area contributed by atoms with Crippen molar-refractivity contribution in [2.75, 3.05) is 6.61 Å². The van der Waals surface area contributed by atoms with E-state index >= 15 is 0 Å². The molecule has 1 amide bonds. The first-order valence-electron chi connectivity index (χ1n) is 8.60. The summed E-state index contributed by atoms with van der Waals surface area (Å²) in [5.74, 6) is -1.34. The fourth-order valence-corrected chi connectivity index (χ4v) is 4.29. The Morgan fingerprint density at radius 1 is 1.11 bits per heavy atom. The first-order chi connectivity index (χ1) is 13.2. The molecule has 2 aromatic rings. The molecule has 0 bridgehead atoms. The van der Waals surface area contributed by atoms with Gasteiger partial charge in [-0.25, -0.2) is 4.79 Å². The Kier molecular flexibility index (Phi) is 5.69. The second kappa shape index (κ2) is 7.73. The Hall–Kier alpha value is -2.10. The number of rotatable bonds is 4. The largest absolute Gasteiger partial charge is 0.464 e. The number of carbonyl (C=O) groups is 2. The van der Waals surface area contributed by atoms with Gasteiger partial charge < -0.3 is 10.1 Å². The molecule has 1 aliphatic rings. The van der Waals surface area contributed by atoms with Crippen molar-refractivity contribution in [2.24, 2.45) is 0 Å². The summed E-state index contributed by atoms with van der Waals surface area (Å²) < 4.78 is 44.5. The van der Waals surface area contributed by atoms with E-state index in [0.29, 0.717) is 0 Å². The van der Waals surface area contributed by atoms with Crippen LogP contribution in [0.3, 0.4) is 0 Å².